The van der Waals surface area contributed by atoms with Crippen molar-refractivity contribution in [2.24, 2.45) is 0 Å². The van der Waals surface area contributed by atoms with E-state index in [0.29, 0.717) is 0 Å². The molecule has 2 aromatic rings. The summed E-state index contributed by atoms with van der Waals surface area (Å²) in [6.45, 7) is 0.336. The molecule has 25 heavy (non-hydrogen) atoms. The molecule has 0 bridgehead atoms. The lowest BCUT2D eigenvalue weighted by Crippen LogP contribution is -2.50. The van der Waals surface area contributed by atoms with Crippen LogP contribution in [0.1, 0.15) is 5.56 Å². The third-order valence-electron chi connectivity index (χ3n) is 3.89. The molecular formula is C15H15N3O4S3. The summed E-state index contributed by atoms with van der Waals surface area (Å²) in [4.78, 5) is 0.0427. The van der Waals surface area contributed by atoms with Gasteiger partial charge in [0.1, 0.15) is 4.21 Å². The van der Waals surface area contributed by atoms with Gasteiger partial charge in [-0.1, -0.05) is 12.1 Å². The Kier molecular flexibility index (Phi) is 4.95. The van der Waals surface area contributed by atoms with Crippen LogP contribution in [0.2, 0.25) is 0 Å². The van der Waals surface area contributed by atoms with Gasteiger partial charge in [0, 0.05) is 26.2 Å². The predicted molar refractivity (Wildman–Crippen MR) is 93.0 cm³/mol. The van der Waals surface area contributed by atoms with Crippen molar-refractivity contribution in [3.63, 3.8) is 0 Å². The van der Waals surface area contributed by atoms with Gasteiger partial charge in [-0.15, -0.1) is 11.3 Å². The van der Waals surface area contributed by atoms with Gasteiger partial charge in [-0.2, -0.15) is 13.9 Å². The van der Waals surface area contributed by atoms with Crippen molar-refractivity contribution >= 4 is 31.4 Å². The summed E-state index contributed by atoms with van der Waals surface area (Å²) in [7, 11) is -7.33. The van der Waals surface area contributed by atoms with E-state index in [9.17, 15) is 16.8 Å². The van der Waals surface area contributed by atoms with Gasteiger partial charge in [-0.25, -0.2) is 16.8 Å². The Morgan fingerprint density at radius 1 is 0.920 bits per heavy atom. The molecule has 2 heterocycles. The first-order valence-electron chi connectivity index (χ1n) is 7.40. The zero-order valence-corrected chi connectivity index (χ0v) is 15.5. The SMILES string of the molecule is N#Cc1cccc(S(=O)(=O)N2CCN(S(=O)(=O)c3cccs3)CC2)c1. The van der Waals surface area contributed by atoms with Gasteiger partial charge in [0.15, 0.2) is 0 Å². The number of sulfonamides is 2. The molecule has 1 aliphatic rings. The quantitative estimate of drug-likeness (QED) is 0.775. The molecule has 0 amide bonds. The largest absolute Gasteiger partial charge is 0.252 e. The second-order valence-corrected chi connectivity index (χ2v) is 10.4. The lowest BCUT2D eigenvalue weighted by molar-refractivity contribution is 0.273. The van der Waals surface area contributed by atoms with E-state index in [-0.39, 0.29) is 40.8 Å². The molecule has 1 aromatic heterocycles. The minimum absolute atomic E-state index is 0.0427. The molecule has 132 valence electrons. The normalized spacial score (nSPS) is 17.2. The van der Waals surface area contributed by atoms with Crippen molar-refractivity contribution in [3.05, 3.63) is 47.3 Å². The number of hydrogen-bond donors (Lipinski definition) is 0. The van der Waals surface area contributed by atoms with Crippen LogP contribution < -0.4 is 0 Å². The fraction of sp³-hybridized carbons (Fsp3) is 0.267. The Morgan fingerprint density at radius 2 is 1.56 bits per heavy atom. The van der Waals surface area contributed by atoms with Crippen LogP contribution in [0.3, 0.4) is 0 Å². The summed E-state index contributed by atoms with van der Waals surface area (Å²) in [5.74, 6) is 0. The molecule has 0 aliphatic carbocycles. The summed E-state index contributed by atoms with van der Waals surface area (Å²) in [6.07, 6.45) is 0. The van der Waals surface area contributed by atoms with Gasteiger partial charge in [0.2, 0.25) is 10.0 Å². The Labute approximate surface area is 150 Å². The van der Waals surface area contributed by atoms with Crippen LogP contribution in [0.25, 0.3) is 0 Å². The van der Waals surface area contributed by atoms with Crippen molar-refractivity contribution in [1.29, 1.82) is 5.26 Å². The van der Waals surface area contributed by atoms with E-state index in [1.807, 2.05) is 6.07 Å². The third kappa shape index (κ3) is 3.47. The first-order valence-corrected chi connectivity index (χ1v) is 11.2. The van der Waals surface area contributed by atoms with Gasteiger partial charge in [0.25, 0.3) is 10.0 Å². The molecule has 1 aliphatic heterocycles. The topological polar surface area (TPSA) is 98.5 Å². The van der Waals surface area contributed by atoms with Gasteiger partial charge in [-0.05, 0) is 29.6 Å². The number of piperazine rings is 1. The maximum absolute atomic E-state index is 12.7. The van der Waals surface area contributed by atoms with E-state index in [4.69, 9.17) is 5.26 Å². The van der Waals surface area contributed by atoms with Crippen molar-refractivity contribution in [1.82, 2.24) is 8.61 Å². The molecular weight excluding hydrogens is 382 g/mol. The van der Waals surface area contributed by atoms with E-state index in [1.54, 1.807) is 11.4 Å². The van der Waals surface area contributed by atoms with Gasteiger partial charge < -0.3 is 0 Å². The molecule has 0 N–H and O–H groups in total. The van der Waals surface area contributed by atoms with E-state index < -0.39 is 20.0 Å². The van der Waals surface area contributed by atoms with Crippen molar-refractivity contribution in [3.8, 4) is 6.07 Å². The monoisotopic (exact) mass is 397 g/mol. The molecule has 1 saturated heterocycles. The first-order chi connectivity index (χ1) is 11.9. The summed E-state index contributed by atoms with van der Waals surface area (Å²) in [6, 6.07) is 10.9. The predicted octanol–water partition coefficient (Wildman–Crippen LogP) is 1.31. The van der Waals surface area contributed by atoms with Crippen LogP contribution in [0.5, 0.6) is 0 Å². The highest BCUT2D eigenvalue weighted by Crippen LogP contribution is 2.24. The molecule has 0 saturated carbocycles. The van der Waals surface area contributed by atoms with Crippen LogP contribution >= 0.6 is 11.3 Å². The molecule has 0 spiro atoms. The molecule has 7 nitrogen and oxygen atoms in total. The van der Waals surface area contributed by atoms with E-state index in [0.717, 1.165) is 11.3 Å². The minimum atomic E-state index is -3.75. The van der Waals surface area contributed by atoms with Crippen LogP contribution in [0, 0.1) is 11.3 Å². The second kappa shape index (κ2) is 6.86. The first kappa shape index (κ1) is 18.0. The van der Waals surface area contributed by atoms with Crippen LogP contribution in [0.15, 0.2) is 50.9 Å². The number of nitrogens with zero attached hydrogens (tertiary/aromatic N) is 3. The van der Waals surface area contributed by atoms with Gasteiger partial charge in [-0.3, -0.25) is 0 Å². The highest BCUT2D eigenvalue weighted by Gasteiger charge is 2.34. The Morgan fingerprint density at radius 3 is 2.12 bits per heavy atom. The van der Waals surface area contributed by atoms with Crippen LogP contribution in [-0.2, 0) is 20.0 Å². The molecule has 10 heteroatoms. The van der Waals surface area contributed by atoms with Crippen LogP contribution in [-0.4, -0.2) is 51.6 Å². The van der Waals surface area contributed by atoms with E-state index in [1.165, 1.54) is 38.9 Å². The van der Waals surface area contributed by atoms with Gasteiger partial charge >= 0.3 is 0 Å². The average Bonchev–Trinajstić information content (AvgIpc) is 3.17. The fourth-order valence-electron chi connectivity index (χ4n) is 2.56. The maximum Gasteiger partial charge on any atom is 0.252 e. The number of benzene rings is 1. The van der Waals surface area contributed by atoms with E-state index in [2.05, 4.69) is 0 Å². The second-order valence-electron chi connectivity index (χ2n) is 5.38. The van der Waals surface area contributed by atoms with Crippen molar-refractivity contribution in [2.45, 2.75) is 9.10 Å². The minimum Gasteiger partial charge on any atom is -0.207 e. The highest BCUT2D eigenvalue weighted by molar-refractivity contribution is 7.91. The lowest BCUT2D eigenvalue weighted by atomic mass is 10.2. The smallest absolute Gasteiger partial charge is 0.207 e. The van der Waals surface area contributed by atoms with E-state index >= 15 is 0 Å². The van der Waals surface area contributed by atoms with Crippen molar-refractivity contribution < 1.29 is 16.8 Å². The number of nitriles is 1. The summed E-state index contributed by atoms with van der Waals surface area (Å²) in [5, 5.41) is 10.6. The molecule has 0 radical (unpaired) electrons. The zero-order chi connectivity index (χ0) is 18.1. The third-order valence-corrected chi connectivity index (χ3v) is 9.05. The van der Waals surface area contributed by atoms with Crippen molar-refractivity contribution in [2.75, 3.05) is 26.2 Å². The number of rotatable bonds is 4. The summed E-state index contributed by atoms with van der Waals surface area (Å²) < 4.78 is 53.2. The Bertz CT molecular complexity index is 1000. The summed E-state index contributed by atoms with van der Waals surface area (Å²) >= 11 is 1.14. The molecule has 0 atom stereocenters. The number of hydrogen-bond acceptors (Lipinski definition) is 6. The highest BCUT2D eigenvalue weighted by atomic mass is 32.2. The molecule has 0 unspecified atom stereocenters. The number of thiophene rings is 1. The zero-order valence-electron chi connectivity index (χ0n) is 13.1. The standard InChI is InChI=1S/C15H15N3O4S3/c16-12-13-3-1-4-14(11-13)24(19,20)17-6-8-18(9-7-17)25(21,22)15-5-2-10-23-15/h1-5,10-11H,6-9H2. The lowest BCUT2D eigenvalue weighted by Gasteiger charge is -2.32. The van der Waals surface area contributed by atoms with Gasteiger partial charge in [0.05, 0.1) is 16.5 Å². The average molecular weight is 398 g/mol. The summed E-state index contributed by atoms with van der Waals surface area (Å²) in [5.41, 5.74) is 0.264. The fourth-order valence-corrected chi connectivity index (χ4v) is 6.60. The maximum atomic E-state index is 12.7. The Balaban J connectivity index is 1.77. The molecule has 3 rings (SSSR count). The Hall–Kier alpha value is -1.77. The van der Waals surface area contributed by atoms with Crippen LogP contribution in [0.4, 0.5) is 0 Å². The molecule has 1 fully saturated rings. The molecule has 1 aromatic carbocycles.